The highest BCUT2D eigenvalue weighted by Crippen LogP contribution is 2.21. The zero-order valence-electron chi connectivity index (χ0n) is 9.49. The fourth-order valence-electron chi connectivity index (χ4n) is 2.72. The highest BCUT2D eigenvalue weighted by atomic mass is 16.3. The maximum Gasteiger partial charge on any atom is 0.0555 e. The van der Waals surface area contributed by atoms with Crippen molar-refractivity contribution in [2.45, 2.75) is 57.1 Å². The van der Waals surface area contributed by atoms with E-state index in [-0.39, 0.29) is 6.10 Å². The summed E-state index contributed by atoms with van der Waals surface area (Å²) in [6.07, 6.45) is 12.8. The molecule has 0 saturated heterocycles. The summed E-state index contributed by atoms with van der Waals surface area (Å²) < 4.78 is 0. The summed E-state index contributed by atoms with van der Waals surface area (Å²) in [4.78, 5) is 0. The monoisotopic (exact) mass is 209 g/mol. The summed E-state index contributed by atoms with van der Waals surface area (Å²) in [5.41, 5.74) is 0. The maximum absolute atomic E-state index is 9.57. The molecule has 3 atom stereocenters. The third-order valence-corrected chi connectivity index (χ3v) is 3.72. The Morgan fingerprint density at radius 2 is 2.13 bits per heavy atom. The molecule has 0 aromatic carbocycles. The number of aliphatic hydroxyl groups excluding tert-OH is 1. The van der Waals surface area contributed by atoms with Crippen LogP contribution in [0, 0.1) is 5.92 Å². The summed E-state index contributed by atoms with van der Waals surface area (Å²) >= 11 is 0. The molecule has 1 saturated carbocycles. The van der Waals surface area contributed by atoms with Crippen molar-refractivity contribution in [3.63, 3.8) is 0 Å². The number of aliphatic hydroxyl groups is 1. The summed E-state index contributed by atoms with van der Waals surface area (Å²) in [7, 11) is 0. The van der Waals surface area contributed by atoms with E-state index in [4.69, 9.17) is 0 Å². The van der Waals surface area contributed by atoms with E-state index in [1.807, 2.05) is 0 Å². The van der Waals surface area contributed by atoms with Gasteiger partial charge in [-0.3, -0.25) is 0 Å². The summed E-state index contributed by atoms with van der Waals surface area (Å²) in [6, 6.07) is 0.569. The van der Waals surface area contributed by atoms with Gasteiger partial charge < -0.3 is 10.4 Å². The van der Waals surface area contributed by atoms with Crippen LogP contribution in [-0.4, -0.2) is 23.8 Å². The standard InChI is InChI=1S/C13H23NO/c15-13-8-4-7-12(9-13)14-10-11-5-2-1-3-6-11/h1-2,11-15H,3-10H2. The molecule has 0 heterocycles. The van der Waals surface area contributed by atoms with E-state index in [0.29, 0.717) is 6.04 Å². The number of hydrogen-bond acceptors (Lipinski definition) is 2. The first kappa shape index (κ1) is 11.2. The third kappa shape index (κ3) is 3.62. The molecule has 2 aliphatic carbocycles. The molecular weight excluding hydrogens is 186 g/mol. The van der Waals surface area contributed by atoms with Gasteiger partial charge in [0.25, 0.3) is 0 Å². The molecule has 0 aliphatic heterocycles. The number of rotatable bonds is 3. The predicted molar refractivity (Wildman–Crippen MR) is 62.7 cm³/mol. The van der Waals surface area contributed by atoms with Crippen molar-refractivity contribution in [3.8, 4) is 0 Å². The average molecular weight is 209 g/mol. The lowest BCUT2D eigenvalue weighted by molar-refractivity contribution is 0.110. The van der Waals surface area contributed by atoms with Crippen LogP contribution in [0.5, 0.6) is 0 Å². The summed E-state index contributed by atoms with van der Waals surface area (Å²) in [6.45, 7) is 1.14. The topological polar surface area (TPSA) is 32.3 Å². The van der Waals surface area contributed by atoms with Crippen molar-refractivity contribution < 1.29 is 5.11 Å². The minimum Gasteiger partial charge on any atom is -0.393 e. The zero-order valence-corrected chi connectivity index (χ0v) is 9.49. The van der Waals surface area contributed by atoms with Gasteiger partial charge in [-0.1, -0.05) is 12.2 Å². The highest BCUT2D eigenvalue weighted by Gasteiger charge is 2.20. The SMILES string of the molecule is OC1CCCC(NCC2CC=CCC2)C1. The number of allylic oxidation sites excluding steroid dienone is 2. The molecular formula is C13H23NO. The largest absolute Gasteiger partial charge is 0.393 e. The van der Waals surface area contributed by atoms with Crippen LogP contribution >= 0.6 is 0 Å². The minimum atomic E-state index is -0.0532. The van der Waals surface area contributed by atoms with Gasteiger partial charge in [0.05, 0.1) is 6.10 Å². The number of nitrogens with one attached hydrogen (secondary N) is 1. The quantitative estimate of drug-likeness (QED) is 0.699. The molecule has 2 aliphatic rings. The molecule has 0 aromatic rings. The van der Waals surface area contributed by atoms with Gasteiger partial charge in [0.1, 0.15) is 0 Å². The lowest BCUT2D eigenvalue weighted by Gasteiger charge is -2.29. The fraction of sp³-hybridized carbons (Fsp3) is 0.846. The van der Waals surface area contributed by atoms with E-state index in [1.165, 1.54) is 32.1 Å². The molecule has 0 spiro atoms. The van der Waals surface area contributed by atoms with E-state index in [1.54, 1.807) is 0 Å². The Morgan fingerprint density at radius 3 is 2.87 bits per heavy atom. The highest BCUT2D eigenvalue weighted by molar-refractivity contribution is 4.91. The van der Waals surface area contributed by atoms with Crippen LogP contribution in [-0.2, 0) is 0 Å². The Morgan fingerprint density at radius 1 is 1.20 bits per heavy atom. The Kier molecular flexibility index (Phi) is 4.21. The second-order valence-electron chi connectivity index (χ2n) is 5.08. The predicted octanol–water partition coefficient (Wildman–Crippen LogP) is 2.24. The Bertz CT molecular complexity index is 215. The lowest BCUT2D eigenvalue weighted by atomic mass is 9.91. The number of hydrogen-bond donors (Lipinski definition) is 2. The molecule has 1 fully saturated rings. The van der Waals surface area contributed by atoms with Crippen LogP contribution in [0.15, 0.2) is 12.2 Å². The first-order chi connectivity index (χ1) is 7.34. The van der Waals surface area contributed by atoms with E-state index >= 15 is 0 Å². The van der Waals surface area contributed by atoms with Gasteiger partial charge in [-0.05, 0) is 57.4 Å². The molecule has 2 nitrogen and oxygen atoms in total. The van der Waals surface area contributed by atoms with Crippen LogP contribution in [0.2, 0.25) is 0 Å². The van der Waals surface area contributed by atoms with Crippen molar-refractivity contribution in [1.82, 2.24) is 5.32 Å². The third-order valence-electron chi connectivity index (χ3n) is 3.72. The molecule has 2 N–H and O–H groups in total. The molecule has 2 rings (SSSR count). The molecule has 15 heavy (non-hydrogen) atoms. The molecule has 0 bridgehead atoms. The van der Waals surface area contributed by atoms with Gasteiger partial charge in [0.15, 0.2) is 0 Å². The van der Waals surface area contributed by atoms with E-state index < -0.39 is 0 Å². The van der Waals surface area contributed by atoms with E-state index in [2.05, 4.69) is 17.5 Å². The Labute approximate surface area is 92.8 Å². The van der Waals surface area contributed by atoms with Crippen LogP contribution in [0.4, 0.5) is 0 Å². The van der Waals surface area contributed by atoms with Crippen molar-refractivity contribution in [2.24, 2.45) is 5.92 Å². The van der Waals surface area contributed by atoms with E-state index in [9.17, 15) is 5.11 Å². The van der Waals surface area contributed by atoms with Crippen molar-refractivity contribution in [2.75, 3.05) is 6.54 Å². The van der Waals surface area contributed by atoms with Crippen molar-refractivity contribution in [3.05, 3.63) is 12.2 Å². The zero-order chi connectivity index (χ0) is 10.5. The molecule has 0 amide bonds. The maximum atomic E-state index is 9.57. The van der Waals surface area contributed by atoms with Crippen LogP contribution in [0.1, 0.15) is 44.9 Å². The van der Waals surface area contributed by atoms with Crippen LogP contribution in [0.3, 0.4) is 0 Å². The van der Waals surface area contributed by atoms with Crippen molar-refractivity contribution in [1.29, 1.82) is 0 Å². The first-order valence-electron chi connectivity index (χ1n) is 6.41. The second-order valence-corrected chi connectivity index (χ2v) is 5.08. The van der Waals surface area contributed by atoms with Crippen LogP contribution in [0.25, 0.3) is 0 Å². The Hall–Kier alpha value is -0.340. The lowest BCUT2D eigenvalue weighted by Crippen LogP contribution is -2.38. The first-order valence-corrected chi connectivity index (χ1v) is 6.41. The van der Waals surface area contributed by atoms with Gasteiger partial charge in [-0.15, -0.1) is 0 Å². The summed E-state index contributed by atoms with van der Waals surface area (Å²) in [5, 5.41) is 13.2. The van der Waals surface area contributed by atoms with Gasteiger partial charge in [0, 0.05) is 6.04 Å². The van der Waals surface area contributed by atoms with Gasteiger partial charge >= 0.3 is 0 Å². The van der Waals surface area contributed by atoms with Crippen molar-refractivity contribution >= 4 is 0 Å². The second kappa shape index (κ2) is 5.66. The molecule has 0 aromatic heterocycles. The van der Waals surface area contributed by atoms with Gasteiger partial charge in [-0.25, -0.2) is 0 Å². The average Bonchev–Trinajstić information content (AvgIpc) is 2.28. The van der Waals surface area contributed by atoms with Crippen LogP contribution < -0.4 is 5.32 Å². The Balaban J connectivity index is 1.66. The smallest absolute Gasteiger partial charge is 0.0555 e. The molecule has 2 heteroatoms. The normalized spacial score (nSPS) is 36.7. The summed E-state index contributed by atoms with van der Waals surface area (Å²) in [5.74, 6) is 0.828. The molecule has 86 valence electrons. The molecule has 0 radical (unpaired) electrons. The minimum absolute atomic E-state index is 0.0532. The van der Waals surface area contributed by atoms with Gasteiger partial charge in [0.2, 0.25) is 0 Å². The van der Waals surface area contributed by atoms with Gasteiger partial charge in [-0.2, -0.15) is 0 Å². The molecule has 3 unspecified atom stereocenters. The van der Waals surface area contributed by atoms with E-state index in [0.717, 1.165) is 25.3 Å². The fourth-order valence-corrected chi connectivity index (χ4v) is 2.72.